The molecule has 0 unspecified atom stereocenters. The van der Waals surface area contributed by atoms with Crippen LogP contribution in [0.25, 0.3) is 45.0 Å². The Labute approximate surface area is 274 Å². The predicted molar refractivity (Wildman–Crippen MR) is 190 cm³/mol. The molecule has 0 amide bonds. The van der Waals surface area contributed by atoms with Crippen molar-refractivity contribution in [3.05, 3.63) is 97.1 Å². The van der Waals surface area contributed by atoms with Crippen LogP contribution >= 0.6 is 58.8 Å². The van der Waals surface area contributed by atoms with Crippen molar-refractivity contribution < 1.29 is 0 Å². The molecule has 0 aliphatic rings. The summed E-state index contributed by atoms with van der Waals surface area (Å²) in [4.78, 5) is 22.4. The molecule has 9 heteroatoms. The molecule has 0 saturated carbocycles. The summed E-state index contributed by atoms with van der Waals surface area (Å²) >= 11 is 8.48. The van der Waals surface area contributed by atoms with Gasteiger partial charge in [0.05, 0.1) is 22.8 Å². The zero-order valence-electron chi connectivity index (χ0n) is 24.2. The molecular formula is C34H30N4S5. The molecule has 6 aromatic rings. The molecule has 0 radical (unpaired) electrons. The van der Waals surface area contributed by atoms with Gasteiger partial charge in [-0.25, -0.2) is 9.97 Å². The Morgan fingerprint density at radius 3 is 0.953 bits per heavy atom. The smallest absolute Gasteiger partial charge is 0.174 e. The first-order valence-electron chi connectivity index (χ1n) is 13.5. The number of aromatic amines is 2. The van der Waals surface area contributed by atoms with Crippen LogP contribution in [0.1, 0.15) is 0 Å². The summed E-state index contributed by atoms with van der Waals surface area (Å²) < 4.78 is 0. The maximum Gasteiger partial charge on any atom is 0.174 e. The molecule has 0 spiro atoms. The molecule has 2 aromatic heterocycles. The summed E-state index contributed by atoms with van der Waals surface area (Å²) in [5, 5.41) is 1.57. The van der Waals surface area contributed by atoms with Gasteiger partial charge in [0.2, 0.25) is 0 Å². The highest BCUT2D eigenvalue weighted by molar-refractivity contribution is 7.99. The molecule has 0 aliphatic carbocycles. The van der Waals surface area contributed by atoms with Crippen molar-refractivity contribution in [1.29, 1.82) is 0 Å². The molecule has 43 heavy (non-hydrogen) atoms. The summed E-state index contributed by atoms with van der Waals surface area (Å²) in [7, 11) is 0. The van der Waals surface area contributed by atoms with Crippen molar-refractivity contribution in [2.24, 2.45) is 0 Å². The Morgan fingerprint density at radius 1 is 0.395 bits per heavy atom. The Bertz CT molecular complexity index is 1540. The molecule has 0 fully saturated rings. The van der Waals surface area contributed by atoms with Gasteiger partial charge in [-0.2, -0.15) is 0 Å². The quantitative estimate of drug-likeness (QED) is 0.143. The fraction of sp³-hybridized carbons (Fsp3) is 0.118. The fourth-order valence-electron chi connectivity index (χ4n) is 4.74. The number of benzene rings is 4. The lowest BCUT2D eigenvalue weighted by atomic mass is 10.1. The molecule has 4 aromatic carbocycles. The first kappa shape index (κ1) is 30.1. The summed E-state index contributed by atoms with van der Waals surface area (Å²) in [6, 6.07) is 34.5. The second-order valence-corrected chi connectivity index (χ2v) is 14.0. The Kier molecular flexibility index (Phi) is 9.64. The highest BCUT2D eigenvalue weighted by Crippen LogP contribution is 2.39. The monoisotopic (exact) mass is 654 g/mol. The van der Waals surface area contributed by atoms with Crippen LogP contribution in [0.2, 0.25) is 0 Å². The van der Waals surface area contributed by atoms with Gasteiger partial charge in [-0.3, -0.25) is 0 Å². The summed E-state index contributed by atoms with van der Waals surface area (Å²) in [5.74, 6) is 0. The van der Waals surface area contributed by atoms with Gasteiger partial charge < -0.3 is 9.97 Å². The second kappa shape index (κ2) is 13.8. The van der Waals surface area contributed by atoms with Gasteiger partial charge in [0.15, 0.2) is 10.3 Å². The first-order valence-corrected chi connectivity index (χ1v) is 19.3. The van der Waals surface area contributed by atoms with Gasteiger partial charge in [0.1, 0.15) is 0 Å². The van der Waals surface area contributed by atoms with E-state index in [1.807, 2.05) is 0 Å². The van der Waals surface area contributed by atoms with Crippen molar-refractivity contribution in [2.75, 3.05) is 25.0 Å². The molecule has 2 heterocycles. The number of hydrogen-bond acceptors (Lipinski definition) is 7. The van der Waals surface area contributed by atoms with E-state index in [-0.39, 0.29) is 0 Å². The van der Waals surface area contributed by atoms with Crippen LogP contribution in [0.3, 0.4) is 0 Å². The van der Waals surface area contributed by atoms with E-state index in [9.17, 15) is 0 Å². The summed E-state index contributed by atoms with van der Waals surface area (Å²) in [6.07, 6.45) is 8.38. The minimum absolute atomic E-state index is 0.787. The van der Waals surface area contributed by atoms with E-state index in [1.165, 1.54) is 31.3 Å². The molecule has 2 N–H and O–H groups in total. The van der Waals surface area contributed by atoms with Crippen molar-refractivity contribution in [2.45, 2.75) is 29.9 Å². The molecule has 0 bridgehead atoms. The normalized spacial score (nSPS) is 11.3. The van der Waals surface area contributed by atoms with E-state index in [0.29, 0.717) is 0 Å². The zero-order chi connectivity index (χ0) is 29.8. The average molecular weight is 655 g/mol. The highest BCUT2D eigenvalue weighted by Gasteiger charge is 2.19. The van der Waals surface area contributed by atoms with Gasteiger partial charge >= 0.3 is 0 Å². The van der Waals surface area contributed by atoms with Gasteiger partial charge in [0.25, 0.3) is 0 Å². The third kappa shape index (κ3) is 6.76. The maximum atomic E-state index is 5.11. The van der Waals surface area contributed by atoms with E-state index < -0.39 is 0 Å². The third-order valence-corrected chi connectivity index (χ3v) is 10.8. The number of nitrogens with zero attached hydrogens (tertiary/aromatic N) is 2. The number of imidazole rings is 2. The predicted octanol–water partition coefficient (Wildman–Crippen LogP) is 10.8. The fourth-order valence-corrected chi connectivity index (χ4v) is 7.14. The Balaban J connectivity index is 1.41. The number of hydrogen-bond donors (Lipinski definition) is 2. The number of nitrogens with one attached hydrogen (secondary N) is 2. The maximum absolute atomic E-state index is 5.11. The lowest BCUT2D eigenvalue weighted by Crippen LogP contribution is -1.84. The Hall–Kier alpha value is -2.95. The zero-order valence-corrected chi connectivity index (χ0v) is 28.3. The summed E-state index contributed by atoms with van der Waals surface area (Å²) in [6.45, 7) is 0. The molecular weight excluding hydrogens is 625 g/mol. The molecule has 4 nitrogen and oxygen atoms in total. The SMILES string of the molecule is CSc1ccc(-c2nc(Sc3nc(-c4ccc(SC)cc4)c(-c4ccc(SC)cc4)[nH]3)[nH]c2-c2ccc(SC)cc2)cc1. The van der Waals surface area contributed by atoms with Crippen molar-refractivity contribution >= 4 is 58.8 Å². The van der Waals surface area contributed by atoms with E-state index in [2.05, 4.69) is 132 Å². The lowest BCUT2D eigenvalue weighted by Gasteiger charge is -2.05. The van der Waals surface area contributed by atoms with Gasteiger partial charge in [0, 0.05) is 41.8 Å². The van der Waals surface area contributed by atoms with Gasteiger partial charge in [-0.1, -0.05) is 48.5 Å². The van der Waals surface area contributed by atoms with Gasteiger partial charge in [-0.15, -0.1) is 47.0 Å². The molecule has 6 rings (SSSR count). The first-order chi connectivity index (χ1) is 21.1. The van der Waals surface area contributed by atoms with Crippen LogP contribution in [-0.4, -0.2) is 45.0 Å². The van der Waals surface area contributed by atoms with Crippen molar-refractivity contribution in [3.8, 4) is 45.0 Å². The largest absolute Gasteiger partial charge is 0.332 e. The van der Waals surface area contributed by atoms with Crippen LogP contribution in [0, 0.1) is 0 Å². The lowest BCUT2D eigenvalue weighted by molar-refractivity contribution is 1.01. The van der Waals surface area contributed by atoms with Crippen LogP contribution in [0.4, 0.5) is 0 Å². The third-order valence-electron chi connectivity index (χ3n) is 7.04. The number of aromatic nitrogens is 4. The van der Waals surface area contributed by atoms with Crippen molar-refractivity contribution in [1.82, 2.24) is 19.9 Å². The van der Waals surface area contributed by atoms with Gasteiger partial charge in [-0.05, 0) is 85.3 Å². The summed E-state index contributed by atoms with van der Waals surface area (Å²) in [5.41, 5.74) is 8.22. The minimum Gasteiger partial charge on any atom is -0.332 e. The number of H-pyrrole nitrogens is 2. The highest BCUT2D eigenvalue weighted by atomic mass is 32.2. The number of rotatable bonds is 10. The van der Waals surface area contributed by atoms with Crippen LogP contribution in [0.5, 0.6) is 0 Å². The molecule has 0 saturated heterocycles. The van der Waals surface area contributed by atoms with E-state index in [1.54, 1.807) is 47.0 Å². The van der Waals surface area contributed by atoms with Crippen LogP contribution in [0.15, 0.2) is 127 Å². The van der Waals surface area contributed by atoms with Crippen molar-refractivity contribution in [3.63, 3.8) is 0 Å². The van der Waals surface area contributed by atoms with E-state index in [4.69, 9.17) is 9.97 Å². The molecule has 0 atom stereocenters. The minimum atomic E-state index is 0.787. The standard InChI is InChI=1S/C34H30N4S5/c1-39-25-13-5-21(6-14-25)29-30(22-7-15-26(40-2)16-8-22)36-33(35-29)43-34-37-31(23-9-17-27(41-3)18-10-23)32(38-34)24-11-19-28(42-4)20-12-24/h5-20H,1-4H3,(H,35,36)(H,37,38). The second-order valence-electron chi connectivity index (χ2n) is 9.55. The molecule has 0 aliphatic heterocycles. The topological polar surface area (TPSA) is 57.4 Å². The van der Waals surface area contributed by atoms with E-state index in [0.717, 1.165) is 55.3 Å². The average Bonchev–Trinajstić information content (AvgIpc) is 3.69. The Morgan fingerprint density at radius 2 is 0.674 bits per heavy atom. The number of thioether (sulfide) groups is 4. The van der Waals surface area contributed by atoms with Crippen LogP contribution in [-0.2, 0) is 0 Å². The molecule has 216 valence electrons. The van der Waals surface area contributed by atoms with Crippen LogP contribution < -0.4 is 0 Å². The van der Waals surface area contributed by atoms with E-state index >= 15 is 0 Å².